The Hall–Kier alpha value is -1.85. The second-order valence-electron chi connectivity index (χ2n) is 5.50. The first-order valence-corrected chi connectivity index (χ1v) is 6.71. The third-order valence-corrected chi connectivity index (χ3v) is 3.53. The van der Waals surface area contributed by atoms with E-state index in [0.29, 0.717) is 23.3 Å². The summed E-state index contributed by atoms with van der Waals surface area (Å²) in [6.07, 6.45) is -0.0875. The predicted octanol–water partition coefficient (Wildman–Crippen LogP) is 2.13. The van der Waals surface area contributed by atoms with Gasteiger partial charge in [-0.15, -0.1) is 0 Å². The molecule has 1 aromatic heterocycles. The van der Waals surface area contributed by atoms with E-state index in [9.17, 15) is 9.90 Å². The number of fused-ring (bicyclic) bond motifs is 1. The van der Waals surface area contributed by atoms with Crippen LogP contribution in [-0.2, 0) is 11.2 Å². The van der Waals surface area contributed by atoms with E-state index in [1.165, 1.54) is 13.2 Å². The lowest BCUT2D eigenvalue weighted by atomic mass is 9.93. The first-order valence-electron chi connectivity index (χ1n) is 6.71. The Kier molecular flexibility index (Phi) is 4.34. The normalized spacial score (nSPS) is 13.4. The Balaban J connectivity index is 2.59. The molecule has 1 unspecified atom stereocenters. The van der Waals surface area contributed by atoms with Crippen molar-refractivity contribution in [1.29, 1.82) is 0 Å². The monoisotopic (exact) mass is 292 g/mol. The van der Waals surface area contributed by atoms with Crippen LogP contribution in [0.3, 0.4) is 0 Å². The van der Waals surface area contributed by atoms with Crippen molar-refractivity contribution in [3.05, 3.63) is 40.2 Å². The zero-order valence-corrected chi connectivity index (χ0v) is 12.7. The van der Waals surface area contributed by atoms with E-state index < -0.39 is 17.3 Å². The van der Waals surface area contributed by atoms with Gasteiger partial charge in [0.1, 0.15) is 11.3 Å². The van der Waals surface area contributed by atoms with Crippen molar-refractivity contribution in [2.75, 3.05) is 14.2 Å². The third kappa shape index (κ3) is 3.25. The molecule has 2 rings (SSSR count). The number of hydrogen-bond donors (Lipinski definition) is 1. The van der Waals surface area contributed by atoms with Gasteiger partial charge in [-0.25, -0.2) is 4.79 Å². The van der Waals surface area contributed by atoms with Gasteiger partial charge in [0.05, 0.1) is 18.8 Å². The minimum atomic E-state index is -1.03. The molecule has 0 saturated carbocycles. The molecule has 21 heavy (non-hydrogen) atoms. The van der Waals surface area contributed by atoms with Crippen LogP contribution in [0.2, 0.25) is 0 Å². The first-order chi connectivity index (χ1) is 9.86. The summed E-state index contributed by atoms with van der Waals surface area (Å²) in [4.78, 5) is 11.5. The smallest absolute Gasteiger partial charge is 0.336 e. The number of methoxy groups -OCH3 is 2. The zero-order valence-electron chi connectivity index (χ0n) is 12.7. The van der Waals surface area contributed by atoms with Crippen LogP contribution in [0.5, 0.6) is 5.75 Å². The highest BCUT2D eigenvalue weighted by Gasteiger charge is 2.29. The third-order valence-electron chi connectivity index (χ3n) is 3.53. The van der Waals surface area contributed by atoms with Gasteiger partial charge in [0, 0.05) is 30.5 Å². The molecule has 0 bridgehead atoms. The summed E-state index contributed by atoms with van der Waals surface area (Å²) < 4.78 is 16.0. The van der Waals surface area contributed by atoms with Crippen molar-refractivity contribution in [2.24, 2.45) is 0 Å². The minimum absolute atomic E-state index is 0.369. The molecule has 0 amide bonds. The molecule has 1 aromatic carbocycles. The van der Waals surface area contributed by atoms with E-state index in [4.69, 9.17) is 13.9 Å². The van der Waals surface area contributed by atoms with Gasteiger partial charge in [0.15, 0.2) is 0 Å². The van der Waals surface area contributed by atoms with Crippen molar-refractivity contribution in [3.63, 3.8) is 0 Å². The number of hydrogen-bond acceptors (Lipinski definition) is 5. The molecule has 0 aliphatic carbocycles. The fourth-order valence-electron chi connectivity index (χ4n) is 2.36. The van der Waals surface area contributed by atoms with Crippen molar-refractivity contribution < 1.29 is 19.0 Å². The average Bonchev–Trinajstić information content (AvgIpc) is 2.43. The molecule has 0 aliphatic rings. The molecule has 0 aliphatic heterocycles. The van der Waals surface area contributed by atoms with Gasteiger partial charge in [-0.3, -0.25) is 0 Å². The van der Waals surface area contributed by atoms with E-state index in [2.05, 4.69) is 0 Å². The Morgan fingerprint density at radius 2 is 1.90 bits per heavy atom. The lowest BCUT2D eigenvalue weighted by Crippen LogP contribution is -2.39. The maximum absolute atomic E-state index is 11.5. The second-order valence-corrected chi connectivity index (χ2v) is 5.50. The van der Waals surface area contributed by atoms with E-state index in [1.807, 2.05) is 12.1 Å². The highest BCUT2D eigenvalue weighted by Crippen LogP contribution is 2.30. The number of ether oxygens (including phenoxy) is 2. The summed E-state index contributed by atoms with van der Waals surface area (Å²) in [7, 11) is 3.09. The summed E-state index contributed by atoms with van der Waals surface area (Å²) in [5, 5.41) is 11.0. The standard InChI is InChI=1S/C16H20O5/c1-16(2,18)13(20-4)9-11-12(19-3)7-5-10-6-8-14(17)21-15(10)11/h5-8,13,18H,9H2,1-4H3. The van der Waals surface area contributed by atoms with Gasteiger partial charge >= 0.3 is 5.63 Å². The molecule has 5 nitrogen and oxygen atoms in total. The fraction of sp³-hybridized carbons (Fsp3) is 0.438. The molecule has 1 atom stereocenters. The van der Waals surface area contributed by atoms with Crippen molar-refractivity contribution in [3.8, 4) is 5.75 Å². The molecule has 0 spiro atoms. The molecule has 2 aromatic rings. The summed E-state index contributed by atoms with van der Waals surface area (Å²) in [5.41, 5.74) is -0.277. The molecule has 5 heteroatoms. The van der Waals surface area contributed by atoms with Crippen LogP contribution in [-0.4, -0.2) is 31.0 Å². The van der Waals surface area contributed by atoms with Gasteiger partial charge in [-0.1, -0.05) is 0 Å². The molecular formula is C16H20O5. The van der Waals surface area contributed by atoms with E-state index in [1.54, 1.807) is 27.0 Å². The van der Waals surface area contributed by atoms with Crippen LogP contribution in [0.25, 0.3) is 11.0 Å². The van der Waals surface area contributed by atoms with Crippen LogP contribution < -0.4 is 10.4 Å². The molecule has 1 heterocycles. The summed E-state index contributed by atoms with van der Waals surface area (Å²) in [5.74, 6) is 0.600. The predicted molar refractivity (Wildman–Crippen MR) is 79.8 cm³/mol. The van der Waals surface area contributed by atoms with Crippen LogP contribution in [0.4, 0.5) is 0 Å². The highest BCUT2D eigenvalue weighted by molar-refractivity contribution is 5.82. The maximum Gasteiger partial charge on any atom is 0.336 e. The van der Waals surface area contributed by atoms with Crippen LogP contribution in [0.1, 0.15) is 19.4 Å². The van der Waals surface area contributed by atoms with Crippen LogP contribution >= 0.6 is 0 Å². The Morgan fingerprint density at radius 1 is 1.24 bits per heavy atom. The van der Waals surface area contributed by atoms with Gasteiger partial charge in [0.25, 0.3) is 0 Å². The number of rotatable bonds is 5. The van der Waals surface area contributed by atoms with Gasteiger partial charge in [0.2, 0.25) is 0 Å². The van der Waals surface area contributed by atoms with E-state index >= 15 is 0 Å². The van der Waals surface area contributed by atoms with E-state index in [-0.39, 0.29) is 0 Å². The number of benzene rings is 1. The summed E-state index contributed by atoms with van der Waals surface area (Å²) >= 11 is 0. The van der Waals surface area contributed by atoms with Gasteiger partial charge in [-0.05, 0) is 32.0 Å². The molecule has 0 saturated heterocycles. The highest BCUT2D eigenvalue weighted by atomic mass is 16.5. The quantitative estimate of drug-likeness (QED) is 0.855. The molecular weight excluding hydrogens is 272 g/mol. The molecule has 1 N–H and O–H groups in total. The van der Waals surface area contributed by atoms with Crippen LogP contribution in [0.15, 0.2) is 33.5 Å². The van der Waals surface area contributed by atoms with E-state index in [0.717, 1.165) is 5.39 Å². The zero-order chi connectivity index (χ0) is 15.6. The summed E-state index contributed by atoms with van der Waals surface area (Å²) in [6, 6.07) is 6.72. The Bertz CT molecular complexity index is 681. The van der Waals surface area contributed by atoms with Gasteiger partial charge < -0.3 is 19.0 Å². The molecule has 0 radical (unpaired) electrons. The van der Waals surface area contributed by atoms with Crippen molar-refractivity contribution in [1.82, 2.24) is 0 Å². The second kappa shape index (κ2) is 5.87. The van der Waals surface area contributed by atoms with Crippen molar-refractivity contribution >= 4 is 11.0 Å². The lowest BCUT2D eigenvalue weighted by Gasteiger charge is -2.28. The average molecular weight is 292 g/mol. The number of aliphatic hydroxyl groups is 1. The maximum atomic E-state index is 11.5. The topological polar surface area (TPSA) is 68.9 Å². The van der Waals surface area contributed by atoms with Gasteiger partial charge in [-0.2, -0.15) is 0 Å². The molecule has 0 fully saturated rings. The Labute approximate surface area is 123 Å². The Morgan fingerprint density at radius 3 is 2.48 bits per heavy atom. The fourth-order valence-corrected chi connectivity index (χ4v) is 2.36. The van der Waals surface area contributed by atoms with Crippen molar-refractivity contribution in [2.45, 2.75) is 32.0 Å². The molecule has 114 valence electrons. The minimum Gasteiger partial charge on any atom is -0.496 e. The van der Waals surface area contributed by atoms with Crippen LogP contribution in [0, 0.1) is 0 Å². The first kappa shape index (κ1) is 15.5. The lowest BCUT2D eigenvalue weighted by molar-refractivity contribution is -0.0689. The largest absolute Gasteiger partial charge is 0.496 e. The summed E-state index contributed by atoms with van der Waals surface area (Å²) in [6.45, 7) is 3.35. The SMILES string of the molecule is COc1ccc2ccc(=O)oc2c1CC(OC)C(C)(C)O.